The lowest BCUT2D eigenvalue weighted by atomic mass is 9.89. The van der Waals surface area contributed by atoms with Crippen molar-refractivity contribution in [2.45, 2.75) is 156 Å². The molecule has 2 aromatic rings. The molecule has 0 spiro atoms. The van der Waals surface area contributed by atoms with Gasteiger partial charge in [-0.25, -0.2) is 0 Å². The van der Waals surface area contributed by atoms with Crippen LogP contribution in [0.25, 0.3) is 0 Å². The van der Waals surface area contributed by atoms with E-state index in [0.717, 1.165) is 82.0 Å². The fourth-order valence-corrected chi connectivity index (χ4v) is 7.59. The van der Waals surface area contributed by atoms with E-state index in [4.69, 9.17) is 4.74 Å². The standard InChI is InChI=1S/C42H72N2O4.BrH/c1-7-12-15-26-42(44(29-30-45,33-36(11-5)21-14-9-3)28-27-37-22-16-18-24-40(37)46)48-34(6)43-39(31-35(10-4)20-13-8-2)32-38-23-17-19-25-41(38)47;/h16-19,22-25,34-36,39,42-43,45H,7-15,20-21,26-33H2,1-6H3,(H-,46,47);1H. The smallest absolute Gasteiger partial charge is 0.195 e. The summed E-state index contributed by atoms with van der Waals surface area (Å²) in [6.07, 6.45) is 16.0. The van der Waals surface area contributed by atoms with Gasteiger partial charge in [0.2, 0.25) is 0 Å². The summed E-state index contributed by atoms with van der Waals surface area (Å²) in [6, 6.07) is 15.6. The Labute approximate surface area is 311 Å². The number of phenols is 2. The zero-order valence-corrected chi connectivity index (χ0v) is 33.6. The Balaban J connectivity index is 0.0000120. The normalized spacial score (nSPS) is 15.9. The second kappa shape index (κ2) is 26.2. The van der Waals surface area contributed by atoms with Crippen molar-refractivity contribution in [1.82, 2.24) is 5.32 Å². The first-order valence-electron chi connectivity index (χ1n) is 19.7. The van der Waals surface area contributed by atoms with Gasteiger partial charge in [-0.15, -0.1) is 0 Å². The lowest BCUT2D eigenvalue weighted by Gasteiger charge is -2.47. The Morgan fingerprint density at radius 3 is 1.84 bits per heavy atom. The van der Waals surface area contributed by atoms with Gasteiger partial charge < -0.3 is 37.0 Å². The highest BCUT2D eigenvalue weighted by Crippen LogP contribution is 2.30. The number of para-hydroxylation sites is 2. The van der Waals surface area contributed by atoms with Crippen LogP contribution in [0.5, 0.6) is 11.5 Å². The first-order valence-corrected chi connectivity index (χ1v) is 19.7. The minimum Gasteiger partial charge on any atom is -1.00 e. The summed E-state index contributed by atoms with van der Waals surface area (Å²) < 4.78 is 7.90. The molecule has 0 fully saturated rings. The van der Waals surface area contributed by atoms with E-state index in [9.17, 15) is 15.3 Å². The molecule has 2 aromatic carbocycles. The van der Waals surface area contributed by atoms with Crippen LogP contribution >= 0.6 is 0 Å². The lowest BCUT2D eigenvalue weighted by molar-refractivity contribution is -0.976. The summed E-state index contributed by atoms with van der Waals surface area (Å²) >= 11 is 0. The van der Waals surface area contributed by atoms with Gasteiger partial charge in [-0.1, -0.05) is 122 Å². The molecular weight excluding hydrogens is 676 g/mol. The lowest BCUT2D eigenvalue weighted by Crippen LogP contribution is -3.00. The van der Waals surface area contributed by atoms with Crippen LogP contribution in [0.1, 0.15) is 136 Å². The van der Waals surface area contributed by atoms with Gasteiger partial charge in [0.15, 0.2) is 6.23 Å². The van der Waals surface area contributed by atoms with Gasteiger partial charge in [0, 0.05) is 24.8 Å². The third-order valence-corrected chi connectivity index (χ3v) is 10.6. The maximum absolute atomic E-state index is 10.7. The Kier molecular flexibility index (Phi) is 24.2. The van der Waals surface area contributed by atoms with Crippen molar-refractivity contribution < 1.29 is 41.5 Å². The molecule has 4 N–H and O–H groups in total. The van der Waals surface area contributed by atoms with Gasteiger partial charge in [-0.3, -0.25) is 9.80 Å². The van der Waals surface area contributed by atoms with Gasteiger partial charge in [-0.05, 0) is 68.2 Å². The highest BCUT2D eigenvalue weighted by Gasteiger charge is 2.40. The summed E-state index contributed by atoms with van der Waals surface area (Å²) in [5, 5.41) is 36.0. The molecule has 0 bridgehead atoms. The number of phenolic OH excluding ortho intramolecular Hbond substituents is 2. The quantitative estimate of drug-likeness (QED) is 0.0440. The van der Waals surface area contributed by atoms with Crippen LogP contribution in [0, 0.1) is 11.8 Å². The molecule has 282 valence electrons. The first-order chi connectivity index (χ1) is 23.2. The summed E-state index contributed by atoms with van der Waals surface area (Å²) in [4.78, 5) is 0. The second-order valence-corrected chi connectivity index (χ2v) is 14.4. The third-order valence-electron chi connectivity index (χ3n) is 10.6. The van der Waals surface area contributed by atoms with Gasteiger partial charge in [0.25, 0.3) is 0 Å². The molecular formula is C42H73BrN2O4. The fourth-order valence-electron chi connectivity index (χ4n) is 7.59. The fraction of sp³-hybridized carbons (Fsp3) is 0.714. The van der Waals surface area contributed by atoms with Crippen LogP contribution in [0.4, 0.5) is 0 Å². The molecule has 0 radical (unpaired) electrons. The highest BCUT2D eigenvalue weighted by atomic mass is 79.9. The third kappa shape index (κ3) is 16.5. The van der Waals surface area contributed by atoms with E-state index < -0.39 is 0 Å². The molecule has 0 saturated heterocycles. The number of quaternary nitrogens is 1. The summed E-state index contributed by atoms with van der Waals surface area (Å²) in [7, 11) is 0. The molecule has 0 saturated carbocycles. The topological polar surface area (TPSA) is 82.0 Å². The average Bonchev–Trinajstić information content (AvgIpc) is 3.08. The zero-order valence-electron chi connectivity index (χ0n) is 32.0. The number of unbranched alkanes of at least 4 members (excludes halogenated alkanes) is 4. The average molecular weight is 750 g/mol. The van der Waals surface area contributed by atoms with Crippen molar-refractivity contribution in [2.24, 2.45) is 11.8 Å². The number of halogens is 1. The van der Waals surface area contributed by atoms with E-state index in [1.54, 1.807) is 12.1 Å². The molecule has 0 aliphatic carbocycles. The number of aromatic hydroxyl groups is 2. The summed E-state index contributed by atoms with van der Waals surface area (Å²) in [6.45, 7) is 16.0. The van der Waals surface area contributed by atoms with Crippen LogP contribution in [0.2, 0.25) is 0 Å². The first kappa shape index (κ1) is 45.4. The van der Waals surface area contributed by atoms with Crippen LogP contribution in [0.15, 0.2) is 48.5 Å². The number of hydrogen-bond acceptors (Lipinski definition) is 5. The van der Waals surface area contributed by atoms with E-state index in [1.807, 2.05) is 36.4 Å². The van der Waals surface area contributed by atoms with E-state index >= 15 is 0 Å². The van der Waals surface area contributed by atoms with Crippen LogP contribution in [0.3, 0.4) is 0 Å². The SMILES string of the molecule is CCCCCC(OC(C)NC(Cc1ccccc1O)CC(CC)CCCC)[N+](CCO)(CCc1ccccc1O)CC(CC)CCCC.[Br-]. The number of aliphatic hydroxyl groups is 1. The van der Waals surface area contributed by atoms with Crippen molar-refractivity contribution in [3.8, 4) is 11.5 Å². The predicted octanol–water partition coefficient (Wildman–Crippen LogP) is 6.75. The predicted molar refractivity (Wildman–Crippen MR) is 202 cm³/mol. The number of rotatable bonds is 28. The molecule has 6 unspecified atom stereocenters. The minimum atomic E-state index is -0.201. The van der Waals surface area contributed by atoms with Crippen LogP contribution in [-0.4, -0.2) is 64.5 Å². The number of hydrogen-bond donors (Lipinski definition) is 4. The Morgan fingerprint density at radius 1 is 0.714 bits per heavy atom. The zero-order chi connectivity index (χ0) is 35.2. The molecule has 49 heavy (non-hydrogen) atoms. The van der Waals surface area contributed by atoms with E-state index in [0.29, 0.717) is 34.4 Å². The van der Waals surface area contributed by atoms with Crippen LogP contribution < -0.4 is 22.3 Å². The minimum absolute atomic E-state index is 0. The van der Waals surface area contributed by atoms with Gasteiger partial charge >= 0.3 is 0 Å². The second-order valence-electron chi connectivity index (χ2n) is 14.4. The monoisotopic (exact) mass is 748 g/mol. The molecule has 0 amide bonds. The number of aliphatic hydroxyl groups excluding tert-OH is 1. The van der Waals surface area contributed by atoms with Crippen molar-refractivity contribution in [3.63, 3.8) is 0 Å². The number of nitrogens with one attached hydrogen (secondary N) is 1. The molecule has 2 rings (SSSR count). The Hall–Kier alpha value is -1.64. The van der Waals surface area contributed by atoms with Crippen molar-refractivity contribution in [1.29, 1.82) is 0 Å². The molecule has 0 aliphatic rings. The van der Waals surface area contributed by atoms with Crippen molar-refractivity contribution >= 4 is 0 Å². The van der Waals surface area contributed by atoms with E-state index in [1.165, 1.54) is 38.5 Å². The molecule has 0 aromatic heterocycles. The molecule has 0 aliphatic heterocycles. The Morgan fingerprint density at radius 2 is 1.29 bits per heavy atom. The van der Waals surface area contributed by atoms with Gasteiger partial charge in [0.05, 0.1) is 19.7 Å². The number of benzene rings is 2. The molecule has 0 heterocycles. The molecule has 6 atom stereocenters. The Bertz CT molecular complexity index is 1100. The molecule has 7 heteroatoms. The van der Waals surface area contributed by atoms with Crippen molar-refractivity contribution in [2.75, 3.05) is 26.2 Å². The van der Waals surface area contributed by atoms with E-state index in [2.05, 4.69) is 46.9 Å². The number of nitrogens with zero attached hydrogens (tertiary/aromatic N) is 1. The summed E-state index contributed by atoms with van der Waals surface area (Å²) in [5.74, 6) is 1.86. The van der Waals surface area contributed by atoms with Gasteiger partial charge in [-0.2, -0.15) is 0 Å². The maximum atomic E-state index is 10.7. The van der Waals surface area contributed by atoms with E-state index in [-0.39, 0.29) is 42.1 Å². The van der Waals surface area contributed by atoms with Crippen LogP contribution in [-0.2, 0) is 17.6 Å². The molecule has 6 nitrogen and oxygen atoms in total. The largest absolute Gasteiger partial charge is 1.00 e. The van der Waals surface area contributed by atoms with Crippen molar-refractivity contribution in [3.05, 3.63) is 59.7 Å². The summed E-state index contributed by atoms with van der Waals surface area (Å²) in [5.41, 5.74) is 1.93. The number of ether oxygens (including phenoxy) is 1. The highest BCUT2D eigenvalue weighted by molar-refractivity contribution is 5.33. The van der Waals surface area contributed by atoms with Gasteiger partial charge in [0.1, 0.15) is 24.3 Å². The maximum Gasteiger partial charge on any atom is 0.195 e.